The highest BCUT2D eigenvalue weighted by molar-refractivity contribution is 6.03. The Balaban J connectivity index is 0.000000295. The molecule has 0 aromatic heterocycles. The predicted octanol–water partition coefficient (Wildman–Crippen LogP) is 5.16. The zero-order valence-electron chi connectivity index (χ0n) is 17.6. The van der Waals surface area contributed by atoms with Crippen molar-refractivity contribution >= 4 is 11.9 Å². The normalized spacial score (nSPS) is 9.00. The van der Waals surface area contributed by atoms with E-state index in [9.17, 15) is 9.59 Å². The first-order valence-electron chi connectivity index (χ1n) is 9.62. The molecule has 0 bridgehead atoms. The van der Waals surface area contributed by atoms with Crippen LogP contribution in [0.4, 0.5) is 0 Å². The molecular weight excluding hydrogens is 408 g/mol. The van der Waals surface area contributed by atoms with Gasteiger partial charge in [0, 0.05) is 0 Å². The lowest BCUT2D eigenvalue weighted by Gasteiger charge is -2.07. The lowest BCUT2D eigenvalue weighted by Crippen LogP contribution is -2.14. The molecule has 3 aromatic carbocycles. The van der Waals surface area contributed by atoms with E-state index >= 15 is 0 Å². The van der Waals surface area contributed by atoms with E-state index in [0.29, 0.717) is 11.5 Å². The van der Waals surface area contributed by atoms with E-state index in [-0.39, 0.29) is 24.3 Å². The van der Waals surface area contributed by atoms with E-state index in [0.717, 1.165) is 0 Å². The summed E-state index contributed by atoms with van der Waals surface area (Å²) in [6.07, 6.45) is 2.91. The summed E-state index contributed by atoms with van der Waals surface area (Å²) >= 11 is 0. The fourth-order valence-electron chi connectivity index (χ4n) is 2.12. The SMILES string of the molecule is C=CCOC(=O)c1ccccc1C(=O)OCC=C.Oc1ccccc1.Oc1ccccc1. The predicted molar refractivity (Wildman–Crippen MR) is 124 cm³/mol. The van der Waals surface area contributed by atoms with Gasteiger partial charge in [-0.3, -0.25) is 0 Å². The number of para-hydroxylation sites is 2. The van der Waals surface area contributed by atoms with Gasteiger partial charge in [-0.1, -0.05) is 73.8 Å². The van der Waals surface area contributed by atoms with E-state index in [1.54, 1.807) is 60.7 Å². The Labute approximate surface area is 187 Å². The molecule has 0 saturated carbocycles. The summed E-state index contributed by atoms with van der Waals surface area (Å²) in [5, 5.41) is 17.3. The molecule has 0 fully saturated rings. The van der Waals surface area contributed by atoms with Crippen LogP contribution in [-0.4, -0.2) is 35.4 Å². The molecule has 0 spiro atoms. The molecule has 0 amide bonds. The third-order valence-electron chi connectivity index (χ3n) is 3.54. The van der Waals surface area contributed by atoms with Crippen molar-refractivity contribution < 1.29 is 29.3 Å². The van der Waals surface area contributed by atoms with Gasteiger partial charge in [-0.25, -0.2) is 9.59 Å². The number of benzene rings is 3. The number of carbonyl (C=O) groups excluding carboxylic acids is 2. The van der Waals surface area contributed by atoms with Gasteiger partial charge in [0.15, 0.2) is 0 Å². The first kappa shape index (κ1) is 25.7. The molecule has 0 heterocycles. The zero-order chi connectivity index (χ0) is 23.6. The monoisotopic (exact) mass is 434 g/mol. The molecule has 0 atom stereocenters. The Morgan fingerprint density at radius 1 is 0.625 bits per heavy atom. The number of aromatic hydroxyl groups is 2. The van der Waals surface area contributed by atoms with Crippen LogP contribution >= 0.6 is 0 Å². The van der Waals surface area contributed by atoms with Gasteiger partial charge in [0.05, 0.1) is 11.1 Å². The van der Waals surface area contributed by atoms with Crippen molar-refractivity contribution in [1.29, 1.82) is 0 Å². The number of phenols is 2. The maximum absolute atomic E-state index is 11.7. The summed E-state index contributed by atoms with van der Waals surface area (Å²) < 4.78 is 9.78. The molecule has 32 heavy (non-hydrogen) atoms. The highest BCUT2D eigenvalue weighted by atomic mass is 16.5. The largest absolute Gasteiger partial charge is 0.508 e. The fourth-order valence-corrected chi connectivity index (χ4v) is 2.12. The number of phenolic OH excluding ortho intramolecular Hbond substituents is 2. The molecule has 0 aliphatic heterocycles. The maximum Gasteiger partial charge on any atom is 0.339 e. The minimum absolute atomic E-state index is 0.0921. The number of carbonyl (C=O) groups is 2. The minimum Gasteiger partial charge on any atom is -0.508 e. The lowest BCUT2D eigenvalue weighted by atomic mass is 10.1. The van der Waals surface area contributed by atoms with Crippen molar-refractivity contribution in [3.63, 3.8) is 0 Å². The Bertz CT molecular complexity index is 887. The van der Waals surface area contributed by atoms with Crippen LogP contribution < -0.4 is 0 Å². The molecule has 6 heteroatoms. The van der Waals surface area contributed by atoms with Crippen LogP contribution in [0.2, 0.25) is 0 Å². The van der Waals surface area contributed by atoms with Crippen molar-refractivity contribution in [3.8, 4) is 11.5 Å². The van der Waals surface area contributed by atoms with Gasteiger partial charge >= 0.3 is 11.9 Å². The van der Waals surface area contributed by atoms with Crippen LogP contribution in [0, 0.1) is 0 Å². The summed E-state index contributed by atoms with van der Waals surface area (Å²) in [5.74, 6) is -0.521. The fraction of sp³-hybridized carbons (Fsp3) is 0.0769. The van der Waals surface area contributed by atoms with Crippen LogP contribution in [0.25, 0.3) is 0 Å². The first-order chi connectivity index (χ1) is 15.5. The van der Waals surface area contributed by atoms with Gasteiger partial charge in [0.1, 0.15) is 24.7 Å². The van der Waals surface area contributed by atoms with E-state index < -0.39 is 11.9 Å². The second-order valence-corrected chi connectivity index (χ2v) is 5.99. The van der Waals surface area contributed by atoms with Gasteiger partial charge in [-0.2, -0.15) is 0 Å². The van der Waals surface area contributed by atoms with Gasteiger partial charge in [0.25, 0.3) is 0 Å². The molecule has 0 aliphatic rings. The smallest absolute Gasteiger partial charge is 0.339 e. The highest BCUT2D eigenvalue weighted by Gasteiger charge is 2.18. The van der Waals surface area contributed by atoms with Crippen molar-refractivity contribution in [1.82, 2.24) is 0 Å². The Kier molecular flexibility index (Phi) is 12.5. The minimum atomic E-state index is -0.582. The molecule has 166 valence electrons. The summed E-state index contributed by atoms with van der Waals surface area (Å²) in [5.41, 5.74) is 0.349. The number of rotatable bonds is 6. The first-order valence-corrected chi connectivity index (χ1v) is 9.62. The molecule has 0 unspecified atom stereocenters. The quantitative estimate of drug-likeness (QED) is 0.411. The van der Waals surface area contributed by atoms with Crippen molar-refractivity contribution in [2.45, 2.75) is 0 Å². The molecule has 0 saturated heterocycles. The number of ether oxygens (including phenoxy) is 2. The average Bonchev–Trinajstić information content (AvgIpc) is 2.83. The van der Waals surface area contributed by atoms with Gasteiger partial charge in [-0.15, -0.1) is 0 Å². The summed E-state index contributed by atoms with van der Waals surface area (Å²) in [7, 11) is 0. The topological polar surface area (TPSA) is 93.1 Å². The van der Waals surface area contributed by atoms with E-state index in [1.807, 2.05) is 12.1 Å². The maximum atomic E-state index is 11.7. The summed E-state index contributed by atoms with van der Waals surface area (Å²) in [4.78, 5) is 23.4. The Morgan fingerprint density at radius 2 is 0.938 bits per heavy atom. The third-order valence-corrected chi connectivity index (χ3v) is 3.54. The van der Waals surface area contributed by atoms with Crippen molar-refractivity contribution in [3.05, 3.63) is 121 Å². The average molecular weight is 434 g/mol. The van der Waals surface area contributed by atoms with Gasteiger partial charge in [-0.05, 0) is 36.4 Å². The van der Waals surface area contributed by atoms with Crippen LogP contribution in [0.3, 0.4) is 0 Å². The van der Waals surface area contributed by atoms with Crippen LogP contribution in [0.15, 0.2) is 110 Å². The van der Waals surface area contributed by atoms with Crippen molar-refractivity contribution in [2.75, 3.05) is 13.2 Å². The van der Waals surface area contributed by atoms with E-state index in [4.69, 9.17) is 19.7 Å². The Hall–Kier alpha value is -4.32. The van der Waals surface area contributed by atoms with E-state index in [1.165, 1.54) is 24.3 Å². The third kappa shape index (κ3) is 10.5. The van der Waals surface area contributed by atoms with Crippen LogP contribution in [-0.2, 0) is 9.47 Å². The van der Waals surface area contributed by atoms with Crippen LogP contribution in [0.1, 0.15) is 20.7 Å². The zero-order valence-corrected chi connectivity index (χ0v) is 17.6. The van der Waals surface area contributed by atoms with Crippen molar-refractivity contribution in [2.24, 2.45) is 0 Å². The number of hydrogen-bond donors (Lipinski definition) is 2. The van der Waals surface area contributed by atoms with E-state index in [2.05, 4.69) is 13.2 Å². The number of hydrogen-bond acceptors (Lipinski definition) is 6. The molecule has 0 radical (unpaired) electrons. The highest BCUT2D eigenvalue weighted by Crippen LogP contribution is 2.12. The summed E-state index contributed by atoms with van der Waals surface area (Å²) in [6, 6.07) is 23.7. The molecule has 0 aliphatic carbocycles. The number of esters is 2. The summed E-state index contributed by atoms with van der Waals surface area (Å²) in [6.45, 7) is 7.07. The van der Waals surface area contributed by atoms with Crippen LogP contribution in [0.5, 0.6) is 11.5 Å². The molecule has 2 N–H and O–H groups in total. The lowest BCUT2D eigenvalue weighted by molar-refractivity contribution is 0.0503. The standard InChI is InChI=1S/C14H14O4.2C6H6O/c1-3-9-17-13(15)11-7-5-6-8-12(11)14(16)18-10-4-2;2*7-6-4-2-1-3-5-6/h3-8H,1-2,9-10H2;2*1-5,7H. The Morgan fingerprint density at radius 3 is 1.19 bits per heavy atom. The molecular formula is C26H26O6. The molecule has 3 aromatic rings. The second-order valence-electron chi connectivity index (χ2n) is 5.99. The molecule has 3 rings (SSSR count). The van der Waals surface area contributed by atoms with Gasteiger partial charge in [0.2, 0.25) is 0 Å². The van der Waals surface area contributed by atoms with Gasteiger partial charge < -0.3 is 19.7 Å². The molecule has 6 nitrogen and oxygen atoms in total. The second kappa shape index (κ2) is 15.5.